The van der Waals surface area contributed by atoms with Crippen molar-refractivity contribution in [2.24, 2.45) is 0 Å². The first kappa shape index (κ1) is 15.2. The number of anilines is 1. The van der Waals surface area contributed by atoms with E-state index >= 15 is 0 Å². The fraction of sp³-hybridized carbons (Fsp3) is 0.385. The van der Waals surface area contributed by atoms with E-state index in [2.05, 4.69) is 0 Å². The van der Waals surface area contributed by atoms with Crippen LogP contribution < -0.4 is 4.90 Å². The lowest BCUT2D eigenvalue weighted by Crippen LogP contribution is -2.27. The summed E-state index contributed by atoms with van der Waals surface area (Å²) in [5, 5.41) is 20.1. The van der Waals surface area contributed by atoms with Crippen molar-refractivity contribution in [1.29, 1.82) is 0 Å². The maximum atomic E-state index is 11.1. The number of hydrogen-bond acceptors (Lipinski definition) is 4. The molecule has 2 N–H and O–H groups in total. The van der Waals surface area contributed by atoms with E-state index in [0.29, 0.717) is 18.7 Å². The zero-order valence-corrected chi connectivity index (χ0v) is 12.0. The monoisotopic (exact) mass is 283 g/mol. The topological polar surface area (TPSA) is 77.8 Å². The van der Waals surface area contributed by atoms with Gasteiger partial charge in [0, 0.05) is 22.5 Å². The molecule has 0 bridgehead atoms. The van der Waals surface area contributed by atoms with Crippen molar-refractivity contribution in [1.82, 2.24) is 0 Å². The van der Waals surface area contributed by atoms with E-state index in [-0.39, 0.29) is 0 Å². The van der Waals surface area contributed by atoms with Crippen LogP contribution in [-0.2, 0) is 9.59 Å². The van der Waals surface area contributed by atoms with Crippen LogP contribution in [0, 0.1) is 6.92 Å². The van der Waals surface area contributed by atoms with Crippen LogP contribution in [0.4, 0.5) is 5.69 Å². The maximum Gasteiger partial charge on any atom is 0.344 e. The molecule has 0 saturated carbocycles. The van der Waals surface area contributed by atoms with Gasteiger partial charge in [0.2, 0.25) is 0 Å². The van der Waals surface area contributed by atoms with E-state index in [1.54, 1.807) is 23.2 Å². The van der Waals surface area contributed by atoms with Gasteiger partial charge in [-0.3, -0.25) is 0 Å². The number of carbonyl (C=O) groups is 2. The van der Waals surface area contributed by atoms with Gasteiger partial charge in [-0.05, 0) is 26.3 Å². The van der Waals surface area contributed by atoms with Gasteiger partial charge in [0.15, 0.2) is 5.57 Å². The van der Waals surface area contributed by atoms with Crippen molar-refractivity contribution >= 4 is 29.0 Å². The minimum Gasteiger partial charge on any atom is -0.477 e. The number of carboxylic acid groups (broad SMARTS) is 2. The van der Waals surface area contributed by atoms with Crippen LogP contribution >= 0.6 is 11.3 Å². The number of aryl methyl sites for hydroxylation is 1. The molecule has 1 rings (SSSR count). The molecule has 19 heavy (non-hydrogen) atoms. The van der Waals surface area contributed by atoms with Crippen molar-refractivity contribution in [3.63, 3.8) is 0 Å². The summed E-state index contributed by atoms with van der Waals surface area (Å²) in [5.74, 6) is -2.82. The lowest BCUT2D eigenvalue weighted by Gasteiger charge is -2.25. The number of thiophene rings is 1. The predicted molar refractivity (Wildman–Crippen MR) is 74.7 cm³/mol. The van der Waals surface area contributed by atoms with Crippen molar-refractivity contribution in [3.05, 3.63) is 27.6 Å². The van der Waals surface area contributed by atoms with Gasteiger partial charge in [-0.15, -0.1) is 11.3 Å². The summed E-state index contributed by atoms with van der Waals surface area (Å²) in [5.41, 5.74) is 0.593. The summed E-state index contributed by atoms with van der Waals surface area (Å²) in [6, 6.07) is 1.92. The van der Waals surface area contributed by atoms with Gasteiger partial charge >= 0.3 is 11.9 Å². The van der Waals surface area contributed by atoms with Gasteiger partial charge in [0.25, 0.3) is 0 Å². The zero-order chi connectivity index (χ0) is 14.6. The molecule has 1 aromatic heterocycles. The van der Waals surface area contributed by atoms with E-state index in [1.807, 2.05) is 25.3 Å². The molecular weight excluding hydrogens is 266 g/mol. The molecule has 5 nitrogen and oxygen atoms in total. The minimum atomic E-state index is -1.41. The molecule has 0 aliphatic rings. The Balaban J connectivity index is 3.36. The first-order valence-electron chi connectivity index (χ1n) is 5.94. The molecule has 0 fully saturated rings. The maximum absolute atomic E-state index is 11.1. The summed E-state index contributed by atoms with van der Waals surface area (Å²) in [6.07, 6.45) is 0.344. The molecule has 0 amide bonds. The van der Waals surface area contributed by atoms with Crippen molar-refractivity contribution < 1.29 is 19.8 Å². The Kier molecular flexibility index (Phi) is 5.11. The third-order valence-corrected chi connectivity index (χ3v) is 3.57. The highest BCUT2D eigenvalue weighted by Gasteiger charge is 2.25. The Morgan fingerprint density at radius 2 is 1.84 bits per heavy atom. The number of rotatable bonds is 6. The van der Waals surface area contributed by atoms with Crippen molar-refractivity contribution in [2.75, 3.05) is 11.4 Å². The van der Waals surface area contributed by atoms with E-state index in [0.717, 1.165) is 10.6 Å². The molecule has 0 atom stereocenters. The second kappa shape index (κ2) is 6.38. The molecule has 0 aromatic carbocycles. The largest absolute Gasteiger partial charge is 0.477 e. The molecule has 6 heteroatoms. The minimum absolute atomic E-state index is 0.320. The molecule has 104 valence electrons. The van der Waals surface area contributed by atoms with E-state index < -0.39 is 17.5 Å². The van der Waals surface area contributed by atoms with Crippen LogP contribution in [0.15, 0.2) is 22.7 Å². The summed E-state index contributed by atoms with van der Waals surface area (Å²) >= 11 is 1.55. The first-order chi connectivity index (χ1) is 8.92. The summed E-state index contributed by atoms with van der Waals surface area (Å²) < 4.78 is 0. The Hall–Kier alpha value is -1.82. The Morgan fingerprint density at radius 1 is 1.26 bits per heavy atom. The van der Waals surface area contributed by atoms with Crippen LogP contribution in [0.3, 0.4) is 0 Å². The number of carboxylic acids is 2. The molecule has 0 saturated heterocycles. The lowest BCUT2D eigenvalue weighted by molar-refractivity contribution is -0.140. The highest BCUT2D eigenvalue weighted by molar-refractivity contribution is 7.10. The predicted octanol–water partition coefficient (Wildman–Crippen LogP) is 2.72. The molecule has 0 spiro atoms. The molecular formula is C13H17NO4S. The molecule has 0 radical (unpaired) electrons. The Bertz CT molecular complexity index is 502. The van der Waals surface area contributed by atoms with Crippen LogP contribution in [0.25, 0.3) is 0 Å². The summed E-state index contributed by atoms with van der Waals surface area (Å²) in [6.45, 7) is 6.09. The number of hydrogen-bond donors (Lipinski definition) is 2. The van der Waals surface area contributed by atoms with Gasteiger partial charge < -0.3 is 15.1 Å². The third kappa shape index (κ3) is 3.35. The molecule has 1 heterocycles. The van der Waals surface area contributed by atoms with Gasteiger partial charge in [0.05, 0.1) is 5.69 Å². The van der Waals surface area contributed by atoms with Crippen LogP contribution in [0.2, 0.25) is 0 Å². The SMILES string of the molecule is CCC(=C(C(=O)O)C(=O)O)N(CC)c1csc(C)c1. The van der Waals surface area contributed by atoms with Crippen molar-refractivity contribution in [2.45, 2.75) is 27.2 Å². The lowest BCUT2D eigenvalue weighted by atomic mass is 10.1. The number of allylic oxidation sites excluding steroid dienone is 1. The summed E-state index contributed by atoms with van der Waals surface area (Å²) in [7, 11) is 0. The van der Waals surface area contributed by atoms with Crippen LogP contribution in [0.1, 0.15) is 25.1 Å². The normalized spacial score (nSPS) is 10.1. The third-order valence-electron chi connectivity index (χ3n) is 2.72. The highest BCUT2D eigenvalue weighted by Crippen LogP contribution is 2.28. The standard InChI is InChI=1S/C13H17NO4S/c1-4-10(11(12(15)16)13(17)18)14(5-2)9-6-8(3)19-7-9/h6-7H,4-5H2,1-3H3,(H,15,16)(H,17,18). The van der Waals surface area contributed by atoms with Gasteiger partial charge in [0.1, 0.15) is 0 Å². The van der Waals surface area contributed by atoms with Gasteiger partial charge in [-0.2, -0.15) is 0 Å². The fourth-order valence-electron chi connectivity index (χ4n) is 1.94. The average Bonchev–Trinajstić information content (AvgIpc) is 2.74. The van der Waals surface area contributed by atoms with Crippen LogP contribution in [-0.4, -0.2) is 28.7 Å². The van der Waals surface area contributed by atoms with E-state index in [4.69, 9.17) is 10.2 Å². The highest BCUT2D eigenvalue weighted by atomic mass is 32.1. The second-order valence-corrected chi connectivity index (χ2v) is 5.06. The zero-order valence-electron chi connectivity index (χ0n) is 11.1. The average molecular weight is 283 g/mol. The van der Waals surface area contributed by atoms with Gasteiger partial charge in [-0.1, -0.05) is 6.92 Å². The summed E-state index contributed by atoms with van der Waals surface area (Å²) in [4.78, 5) is 25.1. The van der Waals surface area contributed by atoms with Gasteiger partial charge in [-0.25, -0.2) is 9.59 Å². The van der Waals surface area contributed by atoms with E-state index in [1.165, 1.54) is 0 Å². The molecule has 0 aliphatic carbocycles. The van der Waals surface area contributed by atoms with Crippen molar-refractivity contribution in [3.8, 4) is 0 Å². The smallest absolute Gasteiger partial charge is 0.344 e. The van der Waals surface area contributed by atoms with Crippen LogP contribution in [0.5, 0.6) is 0 Å². The number of aliphatic carboxylic acids is 2. The number of nitrogens with zero attached hydrogens (tertiary/aromatic N) is 1. The Labute approximate surface area is 115 Å². The fourth-order valence-corrected chi connectivity index (χ4v) is 2.63. The first-order valence-corrected chi connectivity index (χ1v) is 6.82. The Morgan fingerprint density at radius 3 is 2.16 bits per heavy atom. The molecule has 0 aliphatic heterocycles. The molecule has 1 aromatic rings. The molecule has 0 unspecified atom stereocenters. The quantitative estimate of drug-likeness (QED) is 0.477. The second-order valence-electron chi connectivity index (χ2n) is 3.95. The van der Waals surface area contributed by atoms with E-state index in [9.17, 15) is 9.59 Å².